The molecule has 0 aliphatic carbocycles. The highest BCUT2D eigenvalue weighted by Crippen LogP contribution is 2.30. The second-order valence-corrected chi connectivity index (χ2v) is 6.27. The minimum atomic E-state index is -4.78. The average molecular weight is 413 g/mol. The first kappa shape index (κ1) is 19.2. The molecule has 30 heavy (non-hydrogen) atoms. The zero-order chi connectivity index (χ0) is 21.3. The van der Waals surface area contributed by atoms with Crippen molar-refractivity contribution >= 4 is 23.2 Å². The zero-order valence-electron chi connectivity index (χ0n) is 15.2. The molecule has 2 heterocycles. The van der Waals surface area contributed by atoms with Crippen molar-refractivity contribution in [1.29, 1.82) is 0 Å². The second-order valence-electron chi connectivity index (χ2n) is 6.27. The van der Waals surface area contributed by atoms with Crippen LogP contribution >= 0.6 is 0 Å². The number of alkyl halides is 3. The van der Waals surface area contributed by atoms with Gasteiger partial charge < -0.3 is 15.8 Å². The van der Waals surface area contributed by atoms with Crippen LogP contribution in [0.2, 0.25) is 0 Å². The summed E-state index contributed by atoms with van der Waals surface area (Å²) < 4.78 is 43.1. The summed E-state index contributed by atoms with van der Waals surface area (Å²) in [7, 11) is 0. The monoisotopic (exact) mass is 413 g/mol. The third-order valence-corrected chi connectivity index (χ3v) is 4.17. The molecular weight excluding hydrogens is 399 g/mol. The summed E-state index contributed by atoms with van der Waals surface area (Å²) in [5, 5.41) is 7.34. The molecule has 2 aromatic carbocycles. The van der Waals surface area contributed by atoms with Crippen LogP contribution < -0.4 is 15.8 Å². The highest BCUT2D eigenvalue weighted by atomic mass is 19.4. The number of benzene rings is 2. The molecular formula is C20H14F3N5O2. The predicted octanol–water partition coefficient (Wildman–Crippen LogP) is 4.14. The molecule has 0 spiro atoms. The summed E-state index contributed by atoms with van der Waals surface area (Å²) in [6.07, 6.45) is -3.11. The third kappa shape index (κ3) is 4.17. The Hall–Kier alpha value is -4.08. The number of nitrogens with two attached hydrogens (primary N) is 1. The largest absolute Gasteiger partial charge is 0.573 e. The number of hydrogen-bond donors (Lipinski definition) is 2. The molecule has 0 saturated carbocycles. The van der Waals surface area contributed by atoms with Gasteiger partial charge in [0, 0.05) is 23.0 Å². The zero-order valence-corrected chi connectivity index (χ0v) is 15.2. The highest BCUT2D eigenvalue weighted by Gasteiger charge is 2.31. The van der Waals surface area contributed by atoms with E-state index >= 15 is 0 Å². The van der Waals surface area contributed by atoms with E-state index in [1.165, 1.54) is 22.7 Å². The number of hydrogen-bond acceptors (Lipinski definition) is 5. The standard InChI is InChI=1S/C20H14F3N5O2/c21-20(22,23)30-15-4-1-3-13(11-15)16-5-2-10-28-18(16)26-19(27-28)25-14-8-6-12(7-9-14)17(24)29/h1-11H,(H2,24,29)(H,25,27). The lowest BCUT2D eigenvalue weighted by molar-refractivity contribution is -0.274. The number of carbonyl (C=O) groups excluding carboxylic acids is 1. The van der Waals surface area contributed by atoms with E-state index in [0.29, 0.717) is 28.0 Å². The summed E-state index contributed by atoms with van der Waals surface area (Å²) in [5.41, 5.74) is 7.74. The van der Waals surface area contributed by atoms with Gasteiger partial charge in [-0.05, 0) is 54.1 Å². The van der Waals surface area contributed by atoms with E-state index in [1.807, 2.05) is 0 Å². The maximum absolute atomic E-state index is 12.5. The van der Waals surface area contributed by atoms with Crippen molar-refractivity contribution in [2.24, 2.45) is 5.73 Å². The van der Waals surface area contributed by atoms with Crippen molar-refractivity contribution in [2.45, 2.75) is 6.36 Å². The molecule has 0 atom stereocenters. The average Bonchev–Trinajstić information content (AvgIpc) is 3.09. The van der Waals surface area contributed by atoms with Crippen molar-refractivity contribution in [3.05, 3.63) is 72.4 Å². The van der Waals surface area contributed by atoms with Crippen LogP contribution in [0.3, 0.4) is 0 Å². The number of fused-ring (bicyclic) bond motifs is 1. The molecule has 0 aliphatic rings. The molecule has 2 aromatic heterocycles. The Bertz CT molecular complexity index is 1220. The molecule has 0 bridgehead atoms. The summed E-state index contributed by atoms with van der Waals surface area (Å²) in [4.78, 5) is 15.6. The van der Waals surface area contributed by atoms with E-state index in [2.05, 4.69) is 20.1 Å². The number of pyridine rings is 1. The fraction of sp³-hybridized carbons (Fsp3) is 0.0500. The van der Waals surface area contributed by atoms with E-state index in [9.17, 15) is 18.0 Å². The lowest BCUT2D eigenvalue weighted by Crippen LogP contribution is -2.17. The number of amides is 1. The molecule has 0 saturated heterocycles. The molecule has 4 aromatic rings. The Morgan fingerprint density at radius 2 is 1.83 bits per heavy atom. The Morgan fingerprint density at radius 1 is 1.07 bits per heavy atom. The van der Waals surface area contributed by atoms with Crippen LogP contribution in [0.4, 0.5) is 24.8 Å². The van der Waals surface area contributed by atoms with Crippen LogP contribution in [-0.4, -0.2) is 26.9 Å². The molecule has 1 amide bonds. The number of anilines is 2. The number of nitrogens with one attached hydrogen (secondary N) is 1. The van der Waals surface area contributed by atoms with Gasteiger partial charge >= 0.3 is 6.36 Å². The maximum Gasteiger partial charge on any atom is 0.573 e. The number of primary amides is 1. The molecule has 0 radical (unpaired) electrons. The third-order valence-electron chi connectivity index (χ3n) is 4.17. The maximum atomic E-state index is 12.5. The fourth-order valence-corrected chi connectivity index (χ4v) is 2.89. The van der Waals surface area contributed by atoms with E-state index in [0.717, 1.165) is 0 Å². The minimum absolute atomic E-state index is 0.275. The normalized spacial score (nSPS) is 11.4. The first-order valence-corrected chi connectivity index (χ1v) is 8.67. The Labute approximate surface area is 167 Å². The highest BCUT2D eigenvalue weighted by molar-refractivity contribution is 5.93. The number of aromatic nitrogens is 3. The van der Waals surface area contributed by atoms with Gasteiger partial charge in [-0.2, -0.15) is 4.98 Å². The number of carbonyl (C=O) groups is 1. The molecule has 7 nitrogen and oxygen atoms in total. The van der Waals surface area contributed by atoms with Gasteiger partial charge in [0.1, 0.15) is 5.75 Å². The Balaban J connectivity index is 1.66. The molecule has 0 aliphatic heterocycles. The quantitative estimate of drug-likeness (QED) is 0.513. The van der Waals surface area contributed by atoms with Crippen LogP contribution in [0.1, 0.15) is 10.4 Å². The van der Waals surface area contributed by atoms with Gasteiger partial charge in [0.25, 0.3) is 0 Å². The van der Waals surface area contributed by atoms with Crippen molar-refractivity contribution < 1.29 is 22.7 Å². The minimum Gasteiger partial charge on any atom is -0.406 e. The van der Waals surface area contributed by atoms with Crippen molar-refractivity contribution in [3.63, 3.8) is 0 Å². The molecule has 0 fully saturated rings. The smallest absolute Gasteiger partial charge is 0.406 e. The van der Waals surface area contributed by atoms with Crippen molar-refractivity contribution in [1.82, 2.24) is 14.6 Å². The van der Waals surface area contributed by atoms with Crippen LogP contribution in [0.15, 0.2) is 66.9 Å². The summed E-state index contributed by atoms with van der Waals surface area (Å²) >= 11 is 0. The Morgan fingerprint density at radius 3 is 2.53 bits per heavy atom. The summed E-state index contributed by atoms with van der Waals surface area (Å²) in [6, 6.07) is 15.5. The Kier molecular flexibility index (Phi) is 4.74. The lowest BCUT2D eigenvalue weighted by Gasteiger charge is -2.10. The first-order valence-electron chi connectivity index (χ1n) is 8.67. The van der Waals surface area contributed by atoms with E-state index in [4.69, 9.17) is 5.73 Å². The molecule has 10 heteroatoms. The van der Waals surface area contributed by atoms with Crippen molar-refractivity contribution in [3.8, 4) is 16.9 Å². The molecule has 3 N–H and O–H groups in total. The number of rotatable bonds is 5. The number of halogens is 3. The van der Waals surface area contributed by atoms with E-state index in [-0.39, 0.29) is 11.7 Å². The van der Waals surface area contributed by atoms with Gasteiger partial charge in [-0.1, -0.05) is 12.1 Å². The number of nitrogens with zero attached hydrogens (tertiary/aromatic N) is 3. The first-order chi connectivity index (χ1) is 14.3. The van der Waals surface area contributed by atoms with E-state index in [1.54, 1.807) is 48.7 Å². The van der Waals surface area contributed by atoms with Gasteiger partial charge in [0.05, 0.1) is 0 Å². The number of ether oxygens (including phenoxy) is 1. The fourth-order valence-electron chi connectivity index (χ4n) is 2.89. The van der Waals surface area contributed by atoms with Crippen LogP contribution in [0, 0.1) is 0 Å². The van der Waals surface area contributed by atoms with Crippen molar-refractivity contribution in [2.75, 3.05) is 5.32 Å². The summed E-state index contributed by atoms with van der Waals surface area (Å²) in [5.74, 6) is -0.583. The van der Waals surface area contributed by atoms with Crippen LogP contribution in [0.25, 0.3) is 16.8 Å². The van der Waals surface area contributed by atoms with Gasteiger partial charge in [-0.25, -0.2) is 4.52 Å². The summed E-state index contributed by atoms with van der Waals surface area (Å²) in [6.45, 7) is 0. The van der Waals surface area contributed by atoms with E-state index < -0.39 is 12.3 Å². The van der Waals surface area contributed by atoms with Crippen LogP contribution in [-0.2, 0) is 0 Å². The van der Waals surface area contributed by atoms with Gasteiger partial charge in [0.15, 0.2) is 5.65 Å². The predicted molar refractivity (Wildman–Crippen MR) is 103 cm³/mol. The molecule has 4 rings (SSSR count). The molecule has 0 unspecified atom stereocenters. The second kappa shape index (κ2) is 7.39. The van der Waals surface area contributed by atoms with Gasteiger partial charge in [-0.3, -0.25) is 4.79 Å². The van der Waals surface area contributed by atoms with Gasteiger partial charge in [0.2, 0.25) is 11.9 Å². The van der Waals surface area contributed by atoms with Gasteiger partial charge in [-0.15, -0.1) is 18.3 Å². The topological polar surface area (TPSA) is 94.5 Å². The van der Waals surface area contributed by atoms with Crippen LogP contribution in [0.5, 0.6) is 5.75 Å². The molecule has 152 valence electrons. The SMILES string of the molecule is NC(=O)c1ccc(Nc2nc3c(-c4cccc(OC(F)(F)F)c4)cccn3n2)cc1. The lowest BCUT2D eigenvalue weighted by atomic mass is 10.1.